The van der Waals surface area contributed by atoms with Crippen LogP contribution in [0, 0.1) is 23.7 Å². The van der Waals surface area contributed by atoms with Gasteiger partial charge in [0.15, 0.2) is 0 Å². The van der Waals surface area contributed by atoms with E-state index in [-0.39, 0.29) is 17.7 Å². The number of hydrogen-bond donors (Lipinski definition) is 1. The summed E-state index contributed by atoms with van der Waals surface area (Å²) < 4.78 is 5.09. The van der Waals surface area contributed by atoms with Gasteiger partial charge in [-0.1, -0.05) is 12.1 Å². The first-order valence-corrected chi connectivity index (χ1v) is 7.71. The molecular formula is C17H20NO4-. The minimum absolute atomic E-state index is 0.117. The molecule has 0 aliphatic heterocycles. The summed E-state index contributed by atoms with van der Waals surface area (Å²) in [6, 6.07) is 7.44. The second-order valence-corrected chi connectivity index (χ2v) is 6.27. The fourth-order valence-corrected chi connectivity index (χ4v) is 4.06. The number of nitrogens with one attached hydrogen (secondary N) is 1. The Morgan fingerprint density at radius 3 is 2.41 bits per heavy atom. The number of hydrogen-bond acceptors (Lipinski definition) is 4. The van der Waals surface area contributed by atoms with Gasteiger partial charge in [0.05, 0.1) is 7.11 Å². The lowest BCUT2D eigenvalue weighted by molar-refractivity contribution is -0.314. The lowest BCUT2D eigenvalue weighted by Crippen LogP contribution is -2.45. The number of methoxy groups -OCH3 is 1. The molecule has 3 rings (SSSR count). The average molecular weight is 302 g/mol. The summed E-state index contributed by atoms with van der Waals surface area (Å²) in [7, 11) is 1.60. The van der Waals surface area contributed by atoms with Crippen molar-refractivity contribution in [3.05, 3.63) is 29.8 Å². The van der Waals surface area contributed by atoms with E-state index in [0.717, 1.165) is 30.6 Å². The van der Waals surface area contributed by atoms with Gasteiger partial charge < -0.3 is 20.0 Å². The normalized spacial score (nSPS) is 29.3. The van der Waals surface area contributed by atoms with Crippen molar-refractivity contribution in [2.75, 3.05) is 7.11 Å². The van der Waals surface area contributed by atoms with Crippen LogP contribution in [-0.2, 0) is 16.1 Å². The molecule has 0 radical (unpaired) electrons. The predicted molar refractivity (Wildman–Crippen MR) is 77.7 cm³/mol. The Balaban J connectivity index is 1.62. The topological polar surface area (TPSA) is 78.5 Å². The number of benzene rings is 1. The molecule has 0 saturated heterocycles. The van der Waals surface area contributed by atoms with Gasteiger partial charge in [-0.2, -0.15) is 0 Å². The highest BCUT2D eigenvalue weighted by Crippen LogP contribution is 2.52. The van der Waals surface area contributed by atoms with E-state index in [4.69, 9.17) is 4.74 Å². The van der Waals surface area contributed by atoms with Gasteiger partial charge in [-0.3, -0.25) is 4.79 Å². The summed E-state index contributed by atoms with van der Waals surface area (Å²) in [5.41, 5.74) is 0.960. The molecule has 0 aromatic heterocycles. The van der Waals surface area contributed by atoms with Crippen LogP contribution in [0.1, 0.15) is 24.8 Å². The SMILES string of the molecule is COc1ccc(CNC(=O)[C@H]2[C@H]3CC[C@@H](C3)[C@@H]2C(=O)[O-])cc1. The van der Waals surface area contributed by atoms with E-state index in [1.54, 1.807) is 7.11 Å². The molecule has 2 bridgehead atoms. The van der Waals surface area contributed by atoms with E-state index in [1.165, 1.54) is 0 Å². The van der Waals surface area contributed by atoms with Crippen LogP contribution in [0.4, 0.5) is 0 Å². The Labute approximate surface area is 129 Å². The number of aliphatic carboxylic acids is 1. The van der Waals surface area contributed by atoms with Crippen LogP contribution in [0.3, 0.4) is 0 Å². The van der Waals surface area contributed by atoms with Crippen LogP contribution in [0.5, 0.6) is 5.75 Å². The summed E-state index contributed by atoms with van der Waals surface area (Å²) in [5, 5.41) is 14.2. The van der Waals surface area contributed by atoms with Gasteiger partial charge in [0.25, 0.3) is 0 Å². The average Bonchev–Trinajstić information content (AvgIpc) is 3.14. The van der Waals surface area contributed by atoms with Crippen molar-refractivity contribution in [2.45, 2.75) is 25.8 Å². The second kappa shape index (κ2) is 5.99. The Morgan fingerprint density at radius 1 is 1.18 bits per heavy atom. The van der Waals surface area contributed by atoms with Crippen LogP contribution >= 0.6 is 0 Å². The highest BCUT2D eigenvalue weighted by molar-refractivity contribution is 5.85. The molecule has 0 spiro atoms. The second-order valence-electron chi connectivity index (χ2n) is 6.27. The van der Waals surface area contributed by atoms with Crippen LogP contribution < -0.4 is 15.2 Å². The van der Waals surface area contributed by atoms with Crippen LogP contribution in [0.25, 0.3) is 0 Å². The smallest absolute Gasteiger partial charge is 0.224 e. The molecule has 1 amide bonds. The van der Waals surface area contributed by atoms with E-state index in [9.17, 15) is 14.7 Å². The van der Waals surface area contributed by atoms with Gasteiger partial charge in [-0.15, -0.1) is 0 Å². The van der Waals surface area contributed by atoms with Gasteiger partial charge in [0, 0.05) is 24.3 Å². The van der Waals surface area contributed by atoms with Gasteiger partial charge >= 0.3 is 0 Å². The third kappa shape index (κ3) is 2.67. The van der Waals surface area contributed by atoms with Crippen LogP contribution in [0.2, 0.25) is 0 Å². The van der Waals surface area contributed by atoms with Gasteiger partial charge in [0.1, 0.15) is 5.75 Å². The van der Waals surface area contributed by atoms with Crippen molar-refractivity contribution in [1.82, 2.24) is 5.32 Å². The molecule has 5 heteroatoms. The minimum Gasteiger partial charge on any atom is -0.550 e. The van der Waals surface area contributed by atoms with Gasteiger partial charge in [0.2, 0.25) is 5.91 Å². The summed E-state index contributed by atoms with van der Waals surface area (Å²) in [6.45, 7) is 0.399. The fourth-order valence-electron chi connectivity index (χ4n) is 4.06. The summed E-state index contributed by atoms with van der Waals surface area (Å²) in [5.74, 6) is -1.19. The van der Waals surface area contributed by atoms with E-state index in [0.29, 0.717) is 6.54 Å². The monoisotopic (exact) mass is 302 g/mol. The first kappa shape index (κ1) is 14.9. The van der Waals surface area contributed by atoms with Crippen LogP contribution in [-0.4, -0.2) is 19.0 Å². The molecule has 118 valence electrons. The zero-order valence-electron chi connectivity index (χ0n) is 12.6. The molecule has 1 N–H and O–H groups in total. The zero-order valence-corrected chi connectivity index (χ0v) is 12.6. The Hall–Kier alpha value is -2.04. The number of ether oxygens (including phenoxy) is 1. The molecule has 1 aromatic carbocycles. The van der Waals surface area contributed by atoms with Gasteiger partial charge in [-0.05, 0) is 48.8 Å². The van der Waals surface area contributed by atoms with Crippen molar-refractivity contribution < 1.29 is 19.4 Å². The van der Waals surface area contributed by atoms with E-state index < -0.39 is 17.8 Å². The minimum atomic E-state index is -1.07. The molecule has 0 unspecified atom stereocenters. The molecule has 22 heavy (non-hydrogen) atoms. The first-order valence-electron chi connectivity index (χ1n) is 7.71. The van der Waals surface area contributed by atoms with Crippen molar-refractivity contribution in [2.24, 2.45) is 23.7 Å². The molecule has 1 aromatic rings. The largest absolute Gasteiger partial charge is 0.550 e. The number of fused-ring (bicyclic) bond motifs is 2. The number of carboxylic acids is 1. The molecular weight excluding hydrogens is 282 g/mol. The van der Waals surface area contributed by atoms with Crippen molar-refractivity contribution in [1.29, 1.82) is 0 Å². The third-order valence-corrected chi connectivity index (χ3v) is 5.12. The molecule has 0 heterocycles. The highest BCUT2D eigenvalue weighted by atomic mass is 16.5. The molecule has 2 aliphatic carbocycles. The Bertz CT molecular complexity index is 569. The van der Waals surface area contributed by atoms with E-state index in [2.05, 4.69) is 5.32 Å². The summed E-state index contributed by atoms with van der Waals surface area (Å²) in [6.07, 6.45) is 2.71. The maximum absolute atomic E-state index is 12.4. The van der Waals surface area contributed by atoms with Crippen molar-refractivity contribution >= 4 is 11.9 Å². The molecule has 5 nitrogen and oxygen atoms in total. The first-order chi connectivity index (χ1) is 10.6. The van der Waals surface area contributed by atoms with Crippen molar-refractivity contribution in [3.63, 3.8) is 0 Å². The van der Waals surface area contributed by atoms with E-state index in [1.807, 2.05) is 24.3 Å². The van der Waals surface area contributed by atoms with Crippen LogP contribution in [0.15, 0.2) is 24.3 Å². The predicted octanol–water partition coefficient (Wildman–Crippen LogP) is 0.724. The highest BCUT2D eigenvalue weighted by Gasteiger charge is 2.51. The van der Waals surface area contributed by atoms with Gasteiger partial charge in [-0.25, -0.2) is 0 Å². The lowest BCUT2D eigenvalue weighted by Gasteiger charge is -2.30. The number of amides is 1. The molecule has 2 saturated carbocycles. The molecule has 2 aliphatic rings. The Morgan fingerprint density at radius 2 is 1.82 bits per heavy atom. The number of rotatable bonds is 5. The quantitative estimate of drug-likeness (QED) is 0.869. The summed E-state index contributed by atoms with van der Waals surface area (Å²) in [4.78, 5) is 23.8. The van der Waals surface area contributed by atoms with Crippen molar-refractivity contribution in [3.8, 4) is 5.75 Å². The summed E-state index contributed by atoms with van der Waals surface area (Å²) >= 11 is 0. The maximum atomic E-state index is 12.4. The third-order valence-electron chi connectivity index (χ3n) is 5.12. The fraction of sp³-hybridized carbons (Fsp3) is 0.529. The number of carbonyl (C=O) groups is 2. The van der Waals surface area contributed by atoms with E-state index >= 15 is 0 Å². The maximum Gasteiger partial charge on any atom is 0.224 e. The number of carboxylic acid groups (broad SMARTS) is 1. The molecule has 2 fully saturated rings. The zero-order chi connectivity index (χ0) is 15.7. The standard InChI is InChI=1S/C17H21NO4/c1-22-13-6-2-10(3-7-13)9-18-16(19)14-11-4-5-12(8-11)15(14)17(20)21/h2-3,6-7,11-12,14-15H,4-5,8-9H2,1H3,(H,18,19)(H,20,21)/p-1/t11-,12-,14-,15-/m0/s1. The molecule has 4 atom stereocenters. The lowest BCUT2D eigenvalue weighted by atomic mass is 9.78. The Kier molecular flexibility index (Phi) is 4.05. The number of carbonyl (C=O) groups excluding carboxylic acids is 2.